The average Bonchev–Trinajstić information content (AvgIpc) is 2.78. The van der Waals surface area contributed by atoms with Crippen LogP contribution in [0.1, 0.15) is 20.8 Å². The molecule has 0 aromatic rings. The Hall–Kier alpha value is -0.120. The molecule has 2 rings (SSSR count). The fourth-order valence-electron chi connectivity index (χ4n) is 3.17. The molecule has 0 spiro atoms. The minimum Gasteiger partial charge on any atom is -0.380 e. The van der Waals surface area contributed by atoms with Crippen LogP contribution in [0.4, 0.5) is 0 Å². The van der Waals surface area contributed by atoms with E-state index < -0.39 is 0 Å². The van der Waals surface area contributed by atoms with Crippen molar-refractivity contribution in [2.45, 2.75) is 32.9 Å². The molecule has 1 N–H and O–H groups in total. The van der Waals surface area contributed by atoms with Gasteiger partial charge in [-0.25, -0.2) is 0 Å². The van der Waals surface area contributed by atoms with E-state index in [1.807, 2.05) is 0 Å². The molecular formula is C12H24N2O. The molecule has 0 amide bonds. The van der Waals surface area contributed by atoms with Crippen molar-refractivity contribution in [3.8, 4) is 0 Å². The zero-order valence-electron chi connectivity index (χ0n) is 10.2. The maximum atomic E-state index is 5.52. The number of nitrogens with one attached hydrogen (secondary N) is 1. The van der Waals surface area contributed by atoms with Crippen molar-refractivity contribution < 1.29 is 4.74 Å². The quantitative estimate of drug-likeness (QED) is 0.751. The molecule has 3 heteroatoms. The summed E-state index contributed by atoms with van der Waals surface area (Å²) in [6.07, 6.45) is 0. The molecule has 2 aliphatic rings. The lowest BCUT2D eigenvalue weighted by atomic mass is 9.95. The summed E-state index contributed by atoms with van der Waals surface area (Å²) in [6.45, 7) is 12.1. The van der Waals surface area contributed by atoms with Crippen molar-refractivity contribution >= 4 is 0 Å². The van der Waals surface area contributed by atoms with E-state index in [4.69, 9.17) is 4.74 Å². The van der Waals surface area contributed by atoms with E-state index in [1.54, 1.807) is 0 Å². The van der Waals surface area contributed by atoms with Crippen LogP contribution in [0, 0.1) is 11.8 Å². The molecule has 2 heterocycles. The fourth-order valence-corrected chi connectivity index (χ4v) is 3.17. The summed E-state index contributed by atoms with van der Waals surface area (Å²) < 4.78 is 5.52. The maximum absolute atomic E-state index is 5.52. The van der Waals surface area contributed by atoms with Gasteiger partial charge in [0.05, 0.1) is 6.61 Å². The number of rotatable bonds is 4. The van der Waals surface area contributed by atoms with Crippen LogP contribution in [-0.2, 0) is 4.74 Å². The molecule has 88 valence electrons. The standard InChI is InChI=1S/C12H24N2O/c1-4-15-8-9(2)14-7-11-5-13-6-12(11)10(14)3/h9-13H,4-8H2,1-3H3. The van der Waals surface area contributed by atoms with Gasteiger partial charge < -0.3 is 10.1 Å². The Labute approximate surface area is 93.2 Å². The van der Waals surface area contributed by atoms with Crippen molar-refractivity contribution in [3.63, 3.8) is 0 Å². The Balaban J connectivity index is 1.88. The molecule has 3 nitrogen and oxygen atoms in total. The summed E-state index contributed by atoms with van der Waals surface area (Å²) in [4.78, 5) is 2.63. The van der Waals surface area contributed by atoms with Crippen molar-refractivity contribution in [3.05, 3.63) is 0 Å². The van der Waals surface area contributed by atoms with E-state index in [9.17, 15) is 0 Å². The molecule has 0 saturated carbocycles. The van der Waals surface area contributed by atoms with E-state index >= 15 is 0 Å². The molecule has 0 aliphatic carbocycles. The highest BCUT2D eigenvalue weighted by atomic mass is 16.5. The third-order valence-electron chi connectivity index (χ3n) is 4.11. The van der Waals surface area contributed by atoms with Crippen molar-refractivity contribution in [1.82, 2.24) is 10.2 Å². The van der Waals surface area contributed by atoms with Gasteiger partial charge in [0, 0.05) is 25.2 Å². The van der Waals surface area contributed by atoms with E-state index in [-0.39, 0.29) is 0 Å². The lowest BCUT2D eigenvalue weighted by Gasteiger charge is -2.30. The SMILES string of the molecule is CCOCC(C)N1CC2CNCC2C1C. The van der Waals surface area contributed by atoms with Gasteiger partial charge in [0.2, 0.25) is 0 Å². The Morgan fingerprint density at radius 1 is 1.47 bits per heavy atom. The molecule has 2 aliphatic heterocycles. The fraction of sp³-hybridized carbons (Fsp3) is 1.00. The third-order valence-corrected chi connectivity index (χ3v) is 4.11. The molecule has 4 atom stereocenters. The van der Waals surface area contributed by atoms with E-state index in [2.05, 4.69) is 31.0 Å². The Kier molecular flexibility index (Phi) is 3.65. The summed E-state index contributed by atoms with van der Waals surface area (Å²) >= 11 is 0. The number of nitrogens with zero attached hydrogens (tertiary/aromatic N) is 1. The summed E-state index contributed by atoms with van der Waals surface area (Å²) in [5, 5.41) is 3.50. The van der Waals surface area contributed by atoms with Crippen molar-refractivity contribution in [2.75, 3.05) is 32.8 Å². The predicted molar refractivity (Wildman–Crippen MR) is 62.0 cm³/mol. The van der Waals surface area contributed by atoms with Crippen LogP contribution in [0.3, 0.4) is 0 Å². The second-order valence-corrected chi connectivity index (χ2v) is 5.03. The molecule has 15 heavy (non-hydrogen) atoms. The highest BCUT2D eigenvalue weighted by molar-refractivity contribution is 4.97. The third kappa shape index (κ3) is 2.19. The van der Waals surface area contributed by atoms with Crippen LogP contribution in [-0.4, -0.2) is 49.8 Å². The van der Waals surface area contributed by atoms with E-state index in [1.165, 1.54) is 19.6 Å². The van der Waals surface area contributed by atoms with Gasteiger partial charge in [-0.05, 0) is 45.7 Å². The lowest BCUT2D eigenvalue weighted by molar-refractivity contribution is 0.0650. The largest absolute Gasteiger partial charge is 0.380 e. The number of hydrogen-bond donors (Lipinski definition) is 1. The molecular weight excluding hydrogens is 188 g/mol. The summed E-state index contributed by atoms with van der Waals surface area (Å²) in [6, 6.07) is 1.30. The molecule has 0 bridgehead atoms. The van der Waals surface area contributed by atoms with Gasteiger partial charge in [-0.15, -0.1) is 0 Å². The molecule has 0 radical (unpaired) electrons. The number of likely N-dealkylation sites (tertiary alicyclic amines) is 1. The van der Waals surface area contributed by atoms with Crippen molar-refractivity contribution in [2.24, 2.45) is 11.8 Å². The zero-order valence-corrected chi connectivity index (χ0v) is 10.2. The number of fused-ring (bicyclic) bond motifs is 1. The first-order valence-corrected chi connectivity index (χ1v) is 6.28. The summed E-state index contributed by atoms with van der Waals surface area (Å²) in [7, 11) is 0. The van der Waals surface area contributed by atoms with Gasteiger partial charge in [0.1, 0.15) is 0 Å². The van der Waals surface area contributed by atoms with Crippen LogP contribution >= 0.6 is 0 Å². The molecule has 4 unspecified atom stereocenters. The van der Waals surface area contributed by atoms with Crippen LogP contribution in [0.15, 0.2) is 0 Å². The maximum Gasteiger partial charge on any atom is 0.0619 e. The first-order valence-electron chi connectivity index (χ1n) is 6.28. The van der Waals surface area contributed by atoms with E-state index in [0.717, 1.165) is 31.1 Å². The second-order valence-electron chi connectivity index (χ2n) is 5.03. The molecule has 0 aromatic carbocycles. The Morgan fingerprint density at radius 3 is 2.93 bits per heavy atom. The Bertz CT molecular complexity index is 210. The molecule has 0 aromatic heterocycles. The van der Waals surface area contributed by atoms with E-state index in [0.29, 0.717) is 6.04 Å². The van der Waals surface area contributed by atoms with Crippen LogP contribution in [0.25, 0.3) is 0 Å². The van der Waals surface area contributed by atoms with Crippen LogP contribution in [0.5, 0.6) is 0 Å². The molecule has 2 saturated heterocycles. The van der Waals surface area contributed by atoms with Gasteiger partial charge >= 0.3 is 0 Å². The molecule has 2 fully saturated rings. The summed E-state index contributed by atoms with van der Waals surface area (Å²) in [5.74, 6) is 1.75. The first kappa shape index (κ1) is 11.4. The van der Waals surface area contributed by atoms with Crippen LogP contribution < -0.4 is 5.32 Å². The second kappa shape index (κ2) is 4.81. The van der Waals surface area contributed by atoms with Crippen molar-refractivity contribution in [1.29, 1.82) is 0 Å². The lowest BCUT2D eigenvalue weighted by Crippen LogP contribution is -2.41. The summed E-state index contributed by atoms with van der Waals surface area (Å²) in [5.41, 5.74) is 0. The van der Waals surface area contributed by atoms with Gasteiger partial charge in [-0.1, -0.05) is 0 Å². The number of ether oxygens (including phenoxy) is 1. The first-order chi connectivity index (χ1) is 7.24. The topological polar surface area (TPSA) is 24.5 Å². The monoisotopic (exact) mass is 212 g/mol. The van der Waals surface area contributed by atoms with Gasteiger partial charge in [0.15, 0.2) is 0 Å². The zero-order chi connectivity index (χ0) is 10.8. The van der Waals surface area contributed by atoms with Gasteiger partial charge in [-0.2, -0.15) is 0 Å². The minimum absolute atomic E-state index is 0.575. The predicted octanol–water partition coefficient (Wildman–Crippen LogP) is 0.951. The minimum atomic E-state index is 0.575. The van der Waals surface area contributed by atoms with Gasteiger partial charge in [-0.3, -0.25) is 4.90 Å². The smallest absolute Gasteiger partial charge is 0.0619 e. The van der Waals surface area contributed by atoms with Crippen LogP contribution in [0.2, 0.25) is 0 Å². The van der Waals surface area contributed by atoms with Gasteiger partial charge in [0.25, 0.3) is 0 Å². The number of hydrogen-bond acceptors (Lipinski definition) is 3. The Morgan fingerprint density at radius 2 is 2.27 bits per heavy atom. The average molecular weight is 212 g/mol. The normalized spacial score (nSPS) is 38.2. The highest BCUT2D eigenvalue weighted by Gasteiger charge is 2.43. The highest BCUT2D eigenvalue weighted by Crippen LogP contribution is 2.33.